The van der Waals surface area contributed by atoms with Crippen LogP contribution in [0.2, 0.25) is 0 Å². The first-order valence-electron chi connectivity index (χ1n) is 10.1. The number of benzene rings is 2. The van der Waals surface area contributed by atoms with Gasteiger partial charge in [-0.2, -0.15) is 5.10 Å². The highest BCUT2D eigenvalue weighted by molar-refractivity contribution is 6.02. The highest BCUT2D eigenvalue weighted by Crippen LogP contribution is 2.28. The highest BCUT2D eigenvalue weighted by atomic mass is 16.5. The van der Waals surface area contributed by atoms with Crippen LogP contribution in [-0.4, -0.2) is 32.3 Å². The van der Waals surface area contributed by atoms with Gasteiger partial charge in [0.25, 0.3) is 5.56 Å². The minimum absolute atomic E-state index is 0.171. The van der Waals surface area contributed by atoms with E-state index in [9.17, 15) is 9.90 Å². The summed E-state index contributed by atoms with van der Waals surface area (Å²) in [4.78, 5) is 17.8. The Morgan fingerprint density at radius 1 is 1.10 bits per heavy atom. The number of pyridine rings is 1. The molecule has 2 aromatic heterocycles. The topological polar surface area (TPSA) is 81.6 Å². The fraction of sp³-hybridized carbons (Fsp3) is 0.208. The van der Waals surface area contributed by atoms with Crippen molar-refractivity contribution in [2.45, 2.75) is 20.8 Å². The van der Waals surface area contributed by atoms with E-state index in [2.05, 4.69) is 10.1 Å². The molecular weight excluding hydrogens is 392 g/mol. The molecule has 0 unspecified atom stereocenters. The van der Waals surface area contributed by atoms with Gasteiger partial charge in [0.05, 0.1) is 29.2 Å². The van der Waals surface area contributed by atoms with Crippen molar-refractivity contribution in [3.8, 4) is 17.3 Å². The molecule has 0 aliphatic heterocycles. The van der Waals surface area contributed by atoms with Crippen LogP contribution in [0.15, 0.2) is 58.3 Å². The molecule has 1 N–H and O–H groups in total. The number of ether oxygens (including phenoxy) is 1. The summed E-state index contributed by atoms with van der Waals surface area (Å²) in [5, 5.41) is 16.6. The van der Waals surface area contributed by atoms with E-state index in [-0.39, 0.29) is 11.4 Å². The zero-order chi connectivity index (χ0) is 22.1. The first kappa shape index (κ1) is 20.4. The molecule has 0 radical (unpaired) electrons. The van der Waals surface area contributed by atoms with Crippen molar-refractivity contribution < 1.29 is 9.84 Å². The number of hydrogen-bond donors (Lipinski definition) is 1. The third-order valence-corrected chi connectivity index (χ3v) is 5.30. The molecule has 0 spiro atoms. The summed E-state index contributed by atoms with van der Waals surface area (Å²) in [6, 6.07) is 14.2. The maximum Gasteiger partial charge on any atom is 0.265 e. The number of fused-ring (bicyclic) bond motifs is 1. The van der Waals surface area contributed by atoms with E-state index in [0.717, 1.165) is 17.1 Å². The van der Waals surface area contributed by atoms with Crippen molar-refractivity contribution >= 4 is 22.7 Å². The third-order valence-electron chi connectivity index (χ3n) is 5.30. The largest absolute Gasteiger partial charge is 0.494 e. The van der Waals surface area contributed by atoms with Crippen LogP contribution in [0, 0.1) is 13.8 Å². The maximum atomic E-state index is 13.2. The van der Waals surface area contributed by atoms with Gasteiger partial charge in [0, 0.05) is 24.0 Å². The quantitative estimate of drug-likeness (QED) is 0.495. The smallest absolute Gasteiger partial charge is 0.265 e. The molecule has 7 nitrogen and oxygen atoms in total. The molecular formula is C24H24N4O3. The molecule has 31 heavy (non-hydrogen) atoms. The van der Waals surface area contributed by atoms with Crippen LogP contribution in [0.3, 0.4) is 0 Å². The van der Waals surface area contributed by atoms with E-state index < -0.39 is 0 Å². The standard InChI is InChI=1S/C24H24N4O3/c1-5-31-18-12-10-17(11-13-18)28-23(29)20-9-7-6-8-19(20)21(24(28)30)14-25-22-15(2)26-27(4)16(22)3/h6-14,30H,5H2,1-4H3. The van der Waals surface area contributed by atoms with Crippen LogP contribution < -0.4 is 10.3 Å². The molecule has 158 valence electrons. The van der Waals surface area contributed by atoms with Crippen molar-refractivity contribution in [2.24, 2.45) is 12.0 Å². The summed E-state index contributed by atoms with van der Waals surface area (Å²) in [5.41, 5.74) is 3.15. The van der Waals surface area contributed by atoms with Crippen LogP contribution in [0.4, 0.5) is 5.69 Å². The number of aromatic nitrogens is 3. The Hall–Kier alpha value is -3.87. The van der Waals surface area contributed by atoms with Crippen molar-refractivity contribution in [3.05, 3.63) is 75.8 Å². The molecule has 2 heterocycles. The first-order chi connectivity index (χ1) is 14.9. The number of rotatable bonds is 5. The molecule has 4 rings (SSSR count). The summed E-state index contributed by atoms with van der Waals surface area (Å²) < 4.78 is 8.54. The summed E-state index contributed by atoms with van der Waals surface area (Å²) in [6.07, 6.45) is 1.60. The van der Waals surface area contributed by atoms with Gasteiger partial charge in [-0.05, 0) is 51.1 Å². The lowest BCUT2D eigenvalue weighted by molar-refractivity contribution is 0.340. The van der Waals surface area contributed by atoms with Crippen molar-refractivity contribution in [1.82, 2.24) is 14.3 Å². The number of aryl methyl sites for hydroxylation is 2. The second kappa shape index (κ2) is 8.10. The molecule has 0 fully saturated rings. The van der Waals surface area contributed by atoms with E-state index in [1.54, 1.807) is 47.3 Å². The van der Waals surface area contributed by atoms with E-state index in [1.165, 1.54) is 4.57 Å². The minimum atomic E-state index is -0.303. The molecule has 0 saturated heterocycles. The maximum absolute atomic E-state index is 13.2. The van der Waals surface area contributed by atoms with Crippen molar-refractivity contribution in [1.29, 1.82) is 0 Å². The summed E-state index contributed by atoms with van der Waals surface area (Å²) in [6.45, 7) is 6.28. The fourth-order valence-corrected chi connectivity index (χ4v) is 3.67. The van der Waals surface area contributed by atoms with Gasteiger partial charge in [-0.15, -0.1) is 0 Å². The molecule has 0 aliphatic carbocycles. The second-order valence-corrected chi connectivity index (χ2v) is 7.25. The van der Waals surface area contributed by atoms with E-state index >= 15 is 0 Å². The average Bonchev–Trinajstić information content (AvgIpc) is 3.01. The number of nitrogens with zero attached hydrogens (tertiary/aromatic N) is 4. The Morgan fingerprint density at radius 3 is 2.39 bits per heavy atom. The first-order valence-corrected chi connectivity index (χ1v) is 10.1. The van der Waals surface area contributed by atoms with Gasteiger partial charge in [-0.25, -0.2) is 4.57 Å². The average molecular weight is 416 g/mol. The lowest BCUT2D eigenvalue weighted by Gasteiger charge is -2.14. The third kappa shape index (κ3) is 3.59. The van der Waals surface area contributed by atoms with Crippen molar-refractivity contribution in [2.75, 3.05) is 6.61 Å². The van der Waals surface area contributed by atoms with Gasteiger partial charge in [0.15, 0.2) is 0 Å². The summed E-state index contributed by atoms with van der Waals surface area (Å²) in [7, 11) is 1.86. The van der Waals surface area contributed by atoms with Crippen LogP contribution >= 0.6 is 0 Å². The molecule has 0 saturated carbocycles. The Kier molecular flexibility index (Phi) is 5.33. The Balaban J connectivity index is 1.93. The number of hydrogen-bond acceptors (Lipinski definition) is 5. The molecule has 0 aliphatic rings. The van der Waals surface area contributed by atoms with Gasteiger partial charge in [-0.3, -0.25) is 14.5 Å². The zero-order valence-electron chi connectivity index (χ0n) is 18.0. The molecule has 2 aromatic carbocycles. The Bertz CT molecular complexity index is 1350. The number of aromatic hydroxyl groups is 1. The van der Waals surface area contributed by atoms with Gasteiger partial charge in [0.2, 0.25) is 5.88 Å². The van der Waals surface area contributed by atoms with E-state index in [1.807, 2.05) is 40.0 Å². The summed E-state index contributed by atoms with van der Waals surface area (Å²) >= 11 is 0. The second-order valence-electron chi connectivity index (χ2n) is 7.25. The SMILES string of the molecule is CCOc1ccc(-n2c(O)c(C=Nc3c(C)nn(C)c3C)c3ccccc3c2=O)cc1. The fourth-order valence-electron chi connectivity index (χ4n) is 3.67. The van der Waals surface area contributed by atoms with Gasteiger partial charge >= 0.3 is 0 Å². The van der Waals surface area contributed by atoms with Crippen LogP contribution in [0.5, 0.6) is 11.6 Å². The molecule has 0 atom stereocenters. The van der Waals surface area contributed by atoms with Gasteiger partial charge in [-0.1, -0.05) is 18.2 Å². The van der Waals surface area contributed by atoms with Gasteiger partial charge < -0.3 is 9.84 Å². The Labute approximate surface area is 179 Å². The van der Waals surface area contributed by atoms with E-state index in [0.29, 0.717) is 34.4 Å². The molecule has 0 amide bonds. The summed E-state index contributed by atoms with van der Waals surface area (Å²) in [5.74, 6) is 0.527. The minimum Gasteiger partial charge on any atom is -0.494 e. The highest BCUT2D eigenvalue weighted by Gasteiger charge is 2.17. The van der Waals surface area contributed by atoms with Gasteiger partial charge in [0.1, 0.15) is 11.4 Å². The molecule has 7 heteroatoms. The number of aliphatic imine (C=N–C) groups is 1. The molecule has 0 bridgehead atoms. The normalized spacial score (nSPS) is 11.5. The zero-order valence-corrected chi connectivity index (χ0v) is 18.0. The van der Waals surface area contributed by atoms with E-state index in [4.69, 9.17) is 4.74 Å². The monoisotopic (exact) mass is 416 g/mol. The Morgan fingerprint density at radius 2 is 1.77 bits per heavy atom. The van der Waals surface area contributed by atoms with Crippen LogP contribution in [-0.2, 0) is 7.05 Å². The lowest BCUT2D eigenvalue weighted by Crippen LogP contribution is -2.20. The van der Waals surface area contributed by atoms with Crippen molar-refractivity contribution in [3.63, 3.8) is 0 Å². The lowest BCUT2D eigenvalue weighted by atomic mass is 10.1. The van der Waals surface area contributed by atoms with Crippen LogP contribution in [0.1, 0.15) is 23.9 Å². The predicted octanol–water partition coefficient (Wildman–Crippen LogP) is 4.20. The predicted molar refractivity (Wildman–Crippen MR) is 122 cm³/mol. The van der Waals surface area contributed by atoms with Crippen LogP contribution in [0.25, 0.3) is 16.5 Å². The molecule has 4 aromatic rings.